The van der Waals surface area contributed by atoms with Crippen molar-refractivity contribution in [3.63, 3.8) is 0 Å². The third-order valence-corrected chi connectivity index (χ3v) is 3.73. The van der Waals surface area contributed by atoms with Crippen LogP contribution in [0, 0.1) is 6.92 Å². The van der Waals surface area contributed by atoms with Crippen molar-refractivity contribution in [1.82, 2.24) is 19.9 Å². The average molecular weight is 313 g/mol. The summed E-state index contributed by atoms with van der Waals surface area (Å²) in [5.41, 5.74) is 1.69. The van der Waals surface area contributed by atoms with Gasteiger partial charge in [-0.25, -0.2) is 0 Å². The van der Waals surface area contributed by atoms with Gasteiger partial charge >= 0.3 is 6.01 Å². The molecule has 0 aromatic carbocycles. The molecule has 0 radical (unpaired) electrons. The van der Waals surface area contributed by atoms with Crippen molar-refractivity contribution in [2.45, 2.75) is 25.7 Å². The highest BCUT2D eigenvalue weighted by Gasteiger charge is 2.30. The Labute approximate surface area is 131 Å². The Morgan fingerprint density at radius 2 is 2.26 bits per heavy atom. The number of aromatic nitrogens is 4. The summed E-state index contributed by atoms with van der Waals surface area (Å²) >= 11 is 0. The molecule has 1 N–H and O–H groups in total. The van der Waals surface area contributed by atoms with Gasteiger partial charge < -0.3 is 8.94 Å². The van der Waals surface area contributed by atoms with Crippen LogP contribution >= 0.6 is 0 Å². The van der Waals surface area contributed by atoms with E-state index in [1.807, 2.05) is 6.92 Å². The molecule has 4 rings (SSSR count). The van der Waals surface area contributed by atoms with Crippen LogP contribution in [0.2, 0.25) is 0 Å². The number of hydrogen-bond acceptors (Lipinski definition) is 6. The van der Waals surface area contributed by atoms with E-state index in [1.54, 1.807) is 24.0 Å². The monoisotopic (exact) mass is 313 g/mol. The van der Waals surface area contributed by atoms with Crippen molar-refractivity contribution >= 4 is 11.9 Å². The fourth-order valence-corrected chi connectivity index (χ4v) is 2.41. The summed E-state index contributed by atoms with van der Waals surface area (Å²) in [5, 5.41) is 10.6. The molecule has 1 aliphatic rings. The molecule has 0 atom stereocenters. The molecule has 1 aliphatic carbocycles. The molecule has 1 saturated carbocycles. The maximum atomic E-state index is 12.2. The number of nitrogens with one attached hydrogen (secondary N) is 1. The van der Waals surface area contributed by atoms with E-state index >= 15 is 0 Å². The van der Waals surface area contributed by atoms with E-state index in [0.717, 1.165) is 24.3 Å². The van der Waals surface area contributed by atoms with Gasteiger partial charge in [-0.1, -0.05) is 5.16 Å². The average Bonchev–Trinajstić information content (AvgIpc) is 2.93. The lowest BCUT2D eigenvalue weighted by atomic mass is 10.2. The third-order valence-electron chi connectivity index (χ3n) is 3.73. The number of amides is 1. The van der Waals surface area contributed by atoms with E-state index < -0.39 is 5.91 Å². The van der Waals surface area contributed by atoms with Gasteiger partial charge in [-0.05, 0) is 25.8 Å². The lowest BCUT2D eigenvalue weighted by Crippen LogP contribution is -2.12. The SMILES string of the molecule is Cc1oc(NC(=O)c2cc(-c3ccn(C)n3)on2)nc1C1CC1. The predicted molar refractivity (Wildman–Crippen MR) is 79.9 cm³/mol. The van der Waals surface area contributed by atoms with Crippen LogP contribution in [-0.2, 0) is 7.05 Å². The van der Waals surface area contributed by atoms with Crippen LogP contribution in [0.5, 0.6) is 0 Å². The fourth-order valence-electron chi connectivity index (χ4n) is 2.41. The number of oxazole rings is 1. The summed E-state index contributed by atoms with van der Waals surface area (Å²) < 4.78 is 12.3. The molecular formula is C15H15N5O3. The standard InChI is InChI=1S/C15H15N5O3/c1-8-13(9-3-4-9)16-15(22-8)17-14(21)11-7-12(23-19-11)10-5-6-20(2)18-10/h5-7,9H,3-4H2,1-2H3,(H,16,17,21). The highest BCUT2D eigenvalue weighted by atomic mass is 16.5. The van der Waals surface area contributed by atoms with Crippen LogP contribution in [-0.4, -0.2) is 25.8 Å². The van der Waals surface area contributed by atoms with Gasteiger partial charge in [-0.15, -0.1) is 0 Å². The topological polar surface area (TPSA) is 99.0 Å². The van der Waals surface area contributed by atoms with E-state index in [-0.39, 0.29) is 11.7 Å². The maximum absolute atomic E-state index is 12.2. The van der Waals surface area contributed by atoms with Crippen molar-refractivity contribution in [3.05, 3.63) is 35.5 Å². The van der Waals surface area contributed by atoms with Crippen LogP contribution < -0.4 is 5.32 Å². The van der Waals surface area contributed by atoms with Crippen LogP contribution in [0.3, 0.4) is 0 Å². The Hall–Kier alpha value is -2.90. The van der Waals surface area contributed by atoms with E-state index in [9.17, 15) is 4.79 Å². The zero-order valence-corrected chi connectivity index (χ0v) is 12.7. The molecule has 8 nitrogen and oxygen atoms in total. The number of hydrogen-bond donors (Lipinski definition) is 1. The molecule has 1 fully saturated rings. The molecule has 0 saturated heterocycles. The van der Waals surface area contributed by atoms with Crippen molar-refractivity contribution in [2.75, 3.05) is 5.32 Å². The molecule has 0 spiro atoms. The first-order chi connectivity index (χ1) is 11.1. The van der Waals surface area contributed by atoms with Crippen LogP contribution in [0.4, 0.5) is 6.01 Å². The molecular weight excluding hydrogens is 298 g/mol. The summed E-state index contributed by atoms with van der Waals surface area (Å²) in [6.07, 6.45) is 4.03. The molecule has 1 amide bonds. The van der Waals surface area contributed by atoms with Crippen molar-refractivity contribution in [1.29, 1.82) is 0 Å². The quantitative estimate of drug-likeness (QED) is 0.794. The summed E-state index contributed by atoms with van der Waals surface area (Å²) in [6.45, 7) is 1.85. The molecule has 3 aromatic heterocycles. The Kier molecular flexibility index (Phi) is 3.03. The maximum Gasteiger partial charge on any atom is 0.302 e. The smallest absolute Gasteiger partial charge is 0.302 e. The number of nitrogens with zero attached hydrogens (tertiary/aromatic N) is 4. The largest absolute Gasteiger partial charge is 0.428 e. The van der Waals surface area contributed by atoms with Gasteiger partial charge in [0.25, 0.3) is 5.91 Å². The first kappa shape index (κ1) is 13.7. The zero-order chi connectivity index (χ0) is 16.0. The minimum Gasteiger partial charge on any atom is -0.428 e. The lowest BCUT2D eigenvalue weighted by Gasteiger charge is -1.94. The first-order valence-corrected chi connectivity index (χ1v) is 7.35. The second kappa shape index (κ2) is 5.08. The van der Waals surface area contributed by atoms with E-state index in [4.69, 9.17) is 8.94 Å². The molecule has 0 aliphatic heterocycles. The summed E-state index contributed by atoms with van der Waals surface area (Å²) in [5.74, 6) is 1.21. The van der Waals surface area contributed by atoms with Crippen LogP contribution in [0.1, 0.15) is 40.7 Å². The highest BCUT2D eigenvalue weighted by molar-refractivity contribution is 6.02. The van der Waals surface area contributed by atoms with Gasteiger partial charge in [-0.3, -0.25) is 14.8 Å². The van der Waals surface area contributed by atoms with Gasteiger partial charge in [0.2, 0.25) is 0 Å². The number of rotatable bonds is 4. The third kappa shape index (κ3) is 2.63. The zero-order valence-electron chi connectivity index (χ0n) is 12.7. The molecule has 118 valence electrons. The van der Waals surface area contributed by atoms with Crippen molar-refractivity contribution in [3.8, 4) is 11.5 Å². The van der Waals surface area contributed by atoms with Crippen LogP contribution in [0.25, 0.3) is 11.5 Å². The van der Waals surface area contributed by atoms with Gasteiger partial charge in [0.15, 0.2) is 11.5 Å². The summed E-state index contributed by atoms with van der Waals surface area (Å²) in [4.78, 5) is 16.5. The van der Waals surface area contributed by atoms with Crippen molar-refractivity contribution in [2.24, 2.45) is 7.05 Å². The minimum absolute atomic E-state index is 0.148. The predicted octanol–water partition coefficient (Wildman–Crippen LogP) is 2.50. The van der Waals surface area contributed by atoms with Gasteiger partial charge in [0, 0.05) is 25.2 Å². The number of anilines is 1. The summed E-state index contributed by atoms with van der Waals surface area (Å²) in [6, 6.07) is 3.51. The van der Waals surface area contributed by atoms with E-state index in [1.165, 1.54) is 6.07 Å². The Morgan fingerprint density at radius 1 is 1.43 bits per heavy atom. The Morgan fingerprint density at radius 3 is 2.96 bits per heavy atom. The van der Waals surface area contributed by atoms with E-state index in [0.29, 0.717) is 17.4 Å². The molecule has 0 bridgehead atoms. The first-order valence-electron chi connectivity index (χ1n) is 7.35. The van der Waals surface area contributed by atoms with Crippen LogP contribution in [0.15, 0.2) is 27.3 Å². The summed E-state index contributed by atoms with van der Waals surface area (Å²) in [7, 11) is 1.80. The number of carbonyl (C=O) groups is 1. The normalized spacial score (nSPS) is 14.2. The van der Waals surface area contributed by atoms with Crippen molar-refractivity contribution < 1.29 is 13.7 Å². The molecule has 3 heterocycles. The Bertz CT molecular complexity index is 871. The van der Waals surface area contributed by atoms with E-state index in [2.05, 4.69) is 20.6 Å². The van der Waals surface area contributed by atoms with Gasteiger partial charge in [0.05, 0.1) is 5.69 Å². The molecule has 23 heavy (non-hydrogen) atoms. The highest BCUT2D eigenvalue weighted by Crippen LogP contribution is 2.41. The molecule has 0 unspecified atom stereocenters. The number of carbonyl (C=O) groups excluding carboxylic acids is 1. The second-order valence-electron chi connectivity index (χ2n) is 5.64. The van der Waals surface area contributed by atoms with Gasteiger partial charge in [0.1, 0.15) is 11.5 Å². The molecule has 3 aromatic rings. The number of aryl methyl sites for hydroxylation is 2. The van der Waals surface area contributed by atoms with Gasteiger partial charge in [-0.2, -0.15) is 10.1 Å². The Balaban J connectivity index is 1.51. The lowest BCUT2D eigenvalue weighted by molar-refractivity contribution is 0.101. The minimum atomic E-state index is -0.431. The second-order valence-corrected chi connectivity index (χ2v) is 5.64. The molecule has 8 heteroatoms. The fraction of sp³-hybridized carbons (Fsp3) is 0.333.